The molecule has 0 bridgehead atoms. The molecule has 5 nitrogen and oxygen atoms in total. The van der Waals surface area contributed by atoms with E-state index in [-0.39, 0.29) is 12.3 Å². The van der Waals surface area contributed by atoms with Crippen molar-refractivity contribution in [1.82, 2.24) is 10.3 Å². The van der Waals surface area contributed by atoms with Gasteiger partial charge in [-0.2, -0.15) is 13.2 Å². The summed E-state index contributed by atoms with van der Waals surface area (Å²) in [6.07, 6.45) is -2.60. The van der Waals surface area contributed by atoms with E-state index < -0.39 is 29.9 Å². The molecule has 0 saturated carbocycles. The predicted molar refractivity (Wildman–Crippen MR) is 79.0 cm³/mol. The molecule has 8 heteroatoms. The number of alkyl halides is 3. The number of amides is 1. The van der Waals surface area contributed by atoms with E-state index in [0.29, 0.717) is 6.42 Å². The molecule has 0 aromatic carbocycles. The number of carbonyl (C=O) groups is 1. The molecule has 1 atom stereocenters. The number of pyridine rings is 1. The first-order valence-electron chi connectivity index (χ1n) is 7.24. The molecule has 1 unspecified atom stereocenters. The molecule has 130 valence electrons. The summed E-state index contributed by atoms with van der Waals surface area (Å²) in [5, 5.41) is 12.4. The van der Waals surface area contributed by atoms with E-state index in [1.54, 1.807) is 24.5 Å². The molecule has 0 aliphatic heterocycles. The Kier molecular flexibility index (Phi) is 5.28. The number of hydrogen-bond donors (Lipinski definition) is 2. The van der Waals surface area contributed by atoms with Crippen LogP contribution in [0.1, 0.15) is 23.5 Å². The van der Waals surface area contributed by atoms with Crippen molar-refractivity contribution in [2.24, 2.45) is 0 Å². The molecule has 2 aromatic heterocycles. The highest BCUT2D eigenvalue weighted by atomic mass is 19.4. The zero-order valence-electron chi connectivity index (χ0n) is 12.9. The summed E-state index contributed by atoms with van der Waals surface area (Å²) in [4.78, 5) is 15.7. The number of aromatic nitrogens is 1. The van der Waals surface area contributed by atoms with Crippen LogP contribution in [0.3, 0.4) is 0 Å². The van der Waals surface area contributed by atoms with Gasteiger partial charge in [0, 0.05) is 18.9 Å². The summed E-state index contributed by atoms with van der Waals surface area (Å²) >= 11 is 0. The van der Waals surface area contributed by atoms with Crippen LogP contribution in [-0.4, -0.2) is 28.7 Å². The Hall–Kier alpha value is -2.35. The van der Waals surface area contributed by atoms with Crippen LogP contribution in [0.2, 0.25) is 0 Å². The lowest BCUT2D eigenvalue weighted by molar-refractivity contribution is -0.273. The second-order valence-corrected chi connectivity index (χ2v) is 5.41. The molecule has 2 N–H and O–H groups in total. The summed E-state index contributed by atoms with van der Waals surface area (Å²) in [5.74, 6) is -1.41. The minimum atomic E-state index is -5.04. The van der Waals surface area contributed by atoms with Crippen LogP contribution in [0.15, 0.2) is 41.1 Å². The van der Waals surface area contributed by atoms with Crippen LogP contribution >= 0.6 is 0 Å². The van der Waals surface area contributed by atoms with Crippen LogP contribution in [0.25, 0.3) is 0 Å². The van der Waals surface area contributed by atoms with Gasteiger partial charge in [0.2, 0.25) is 11.5 Å². The van der Waals surface area contributed by atoms with E-state index in [2.05, 4.69) is 10.3 Å². The SMILES string of the molecule is Cc1ccc(C(O)(CC(=O)NCCc2cccnc2)C(F)(F)F)o1. The molecule has 2 rings (SSSR count). The van der Waals surface area contributed by atoms with Crippen molar-refractivity contribution < 1.29 is 27.5 Å². The van der Waals surface area contributed by atoms with Gasteiger partial charge in [0.25, 0.3) is 0 Å². The third kappa shape index (κ3) is 4.14. The van der Waals surface area contributed by atoms with Gasteiger partial charge in [-0.1, -0.05) is 6.07 Å². The molecule has 0 fully saturated rings. The Bertz CT molecular complexity index is 685. The number of nitrogens with one attached hydrogen (secondary N) is 1. The minimum Gasteiger partial charge on any atom is -0.463 e. The normalized spacial score (nSPS) is 14.2. The Morgan fingerprint density at radius 1 is 1.33 bits per heavy atom. The average molecular weight is 342 g/mol. The summed E-state index contributed by atoms with van der Waals surface area (Å²) in [6, 6.07) is 5.83. The fraction of sp³-hybridized carbons (Fsp3) is 0.375. The van der Waals surface area contributed by atoms with E-state index in [4.69, 9.17) is 4.42 Å². The fourth-order valence-corrected chi connectivity index (χ4v) is 2.17. The van der Waals surface area contributed by atoms with Gasteiger partial charge >= 0.3 is 6.18 Å². The number of carbonyl (C=O) groups excluding carboxylic acids is 1. The maximum absolute atomic E-state index is 13.2. The van der Waals surface area contributed by atoms with Gasteiger partial charge in [-0.05, 0) is 37.1 Å². The zero-order valence-corrected chi connectivity index (χ0v) is 12.9. The van der Waals surface area contributed by atoms with E-state index in [1.165, 1.54) is 13.0 Å². The van der Waals surface area contributed by atoms with E-state index >= 15 is 0 Å². The van der Waals surface area contributed by atoms with Gasteiger partial charge < -0.3 is 14.8 Å². The molecule has 0 saturated heterocycles. The average Bonchev–Trinajstić information content (AvgIpc) is 2.94. The molecule has 0 aliphatic carbocycles. The van der Waals surface area contributed by atoms with Crippen LogP contribution in [0, 0.1) is 6.92 Å². The number of hydrogen-bond acceptors (Lipinski definition) is 4. The minimum absolute atomic E-state index is 0.135. The highest BCUT2D eigenvalue weighted by Crippen LogP contribution is 2.42. The Morgan fingerprint density at radius 3 is 2.62 bits per heavy atom. The maximum Gasteiger partial charge on any atom is 0.425 e. The summed E-state index contributed by atoms with van der Waals surface area (Å²) in [6.45, 7) is 1.59. The van der Waals surface area contributed by atoms with Crippen molar-refractivity contribution in [1.29, 1.82) is 0 Å². The highest BCUT2D eigenvalue weighted by Gasteiger charge is 2.58. The first kappa shape index (κ1) is 18.0. The second-order valence-electron chi connectivity index (χ2n) is 5.41. The summed E-state index contributed by atoms with van der Waals surface area (Å²) in [5.41, 5.74) is -2.52. The molecule has 2 aromatic rings. The van der Waals surface area contributed by atoms with Crippen molar-refractivity contribution in [2.75, 3.05) is 6.54 Å². The number of halogens is 3. The molecular formula is C16H17F3N2O3. The summed E-state index contributed by atoms with van der Waals surface area (Å²) < 4.78 is 44.6. The molecular weight excluding hydrogens is 325 g/mol. The van der Waals surface area contributed by atoms with Crippen LogP contribution in [-0.2, 0) is 16.8 Å². The van der Waals surface area contributed by atoms with Gasteiger partial charge in [-0.25, -0.2) is 0 Å². The first-order chi connectivity index (χ1) is 11.2. The van der Waals surface area contributed by atoms with Gasteiger partial charge in [0.1, 0.15) is 11.5 Å². The fourth-order valence-electron chi connectivity index (χ4n) is 2.17. The lowest BCUT2D eigenvalue weighted by Gasteiger charge is -2.28. The topological polar surface area (TPSA) is 75.4 Å². The second kappa shape index (κ2) is 7.04. The molecule has 24 heavy (non-hydrogen) atoms. The quantitative estimate of drug-likeness (QED) is 0.846. The number of aryl methyl sites for hydroxylation is 1. The number of aliphatic hydroxyl groups is 1. The standard InChI is InChI=1S/C16H17F3N2O3/c1-11-4-5-13(24-11)15(23,16(17,18)19)9-14(22)21-8-6-12-3-2-7-20-10-12/h2-5,7,10,23H,6,8-9H2,1H3,(H,21,22). The van der Waals surface area contributed by atoms with Gasteiger partial charge in [0.05, 0.1) is 6.42 Å². The summed E-state index contributed by atoms with van der Waals surface area (Å²) in [7, 11) is 0. The van der Waals surface area contributed by atoms with Crippen molar-refractivity contribution in [3.63, 3.8) is 0 Å². The van der Waals surface area contributed by atoms with E-state index in [0.717, 1.165) is 11.6 Å². The van der Waals surface area contributed by atoms with E-state index in [9.17, 15) is 23.1 Å². The van der Waals surface area contributed by atoms with Crippen LogP contribution < -0.4 is 5.32 Å². The Morgan fingerprint density at radius 2 is 2.08 bits per heavy atom. The molecule has 0 radical (unpaired) electrons. The van der Waals surface area contributed by atoms with E-state index in [1.807, 2.05) is 0 Å². The van der Waals surface area contributed by atoms with Gasteiger partial charge in [0.15, 0.2) is 0 Å². The van der Waals surface area contributed by atoms with Crippen molar-refractivity contribution in [3.8, 4) is 0 Å². The van der Waals surface area contributed by atoms with Crippen molar-refractivity contribution in [2.45, 2.75) is 31.5 Å². The molecule has 0 aliphatic rings. The molecule has 2 heterocycles. The number of nitrogens with zero attached hydrogens (tertiary/aromatic N) is 1. The molecule has 0 spiro atoms. The zero-order chi connectivity index (χ0) is 17.8. The maximum atomic E-state index is 13.2. The van der Waals surface area contributed by atoms with Crippen LogP contribution in [0.5, 0.6) is 0 Å². The Labute approximate surface area is 136 Å². The first-order valence-corrected chi connectivity index (χ1v) is 7.24. The Balaban J connectivity index is 2.00. The number of furan rings is 1. The third-order valence-corrected chi connectivity index (χ3v) is 3.49. The smallest absolute Gasteiger partial charge is 0.425 e. The van der Waals surface area contributed by atoms with Crippen LogP contribution in [0.4, 0.5) is 13.2 Å². The highest BCUT2D eigenvalue weighted by molar-refractivity contribution is 5.77. The van der Waals surface area contributed by atoms with Crippen molar-refractivity contribution >= 4 is 5.91 Å². The lowest BCUT2D eigenvalue weighted by Crippen LogP contribution is -2.46. The van der Waals surface area contributed by atoms with Gasteiger partial charge in [-0.15, -0.1) is 0 Å². The monoisotopic (exact) mass is 342 g/mol. The van der Waals surface area contributed by atoms with Gasteiger partial charge in [-0.3, -0.25) is 9.78 Å². The number of rotatable bonds is 6. The predicted octanol–water partition coefficient (Wildman–Crippen LogP) is 2.48. The van der Waals surface area contributed by atoms with Crippen molar-refractivity contribution in [3.05, 3.63) is 53.7 Å². The molecule has 1 amide bonds. The lowest BCUT2D eigenvalue weighted by atomic mass is 9.95. The third-order valence-electron chi connectivity index (χ3n) is 3.49. The largest absolute Gasteiger partial charge is 0.463 e.